The second-order valence-corrected chi connectivity index (χ2v) is 7.37. The Morgan fingerprint density at radius 2 is 1.90 bits per heavy atom. The fourth-order valence-electron chi connectivity index (χ4n) is 1.76. The number of thioether (sulfide) groups is 1. The molecule has 0 aliphatic heterocycles. The first kappa shape index (κ1) is 14.5. The molecule has 0 spiro atoms. The summed E-state index contributed by atoms with van der Waals surface area (Å²) in [7, 11) is 0. The molecular weight excluding hydrogens is 325 g/mol. The smallest absolute Gasteiger partial charge is 0.180 e. The molecule has 0 saturated carbocycles. The standard InChI is InChI=1S/C14H12FN3S3/c15-10-3-1-9(2-4-10)12-8-21-14(18-12)19-6-5-11-7-20-13(16)17-11/h1-4,7-8H,5-6H2,(H2,16,17). The van der Waals surface area contributed by atoms with Gasteiger partial charge in [-0.2, -0.15) is 0 Å². The van der Waals surface area contributed by atoms with Gasteiger partial charge in [-0.05, 0) is 24.3 Å². The van der Waals surface area contributed by atoms with Gasteiger partial charge in [0.15, 0.2) is 9.47 Å². The maximum atomic E-state index is 12.9. The van der Waals surface area contributed by atoms with Gasteiger partial charge < -0.3 is 5.73 Å². The molecule has 3 nitrogen and oxygen atoms in total. The number of nitrogens with two attached hydrogens (primary N) is 1. The monoisotopic (exact) mass is 337 g/mol. The summed E-state index contributed by atoms with van der Waals surface area (Å²) in [6, 6.07) is 6.40. The minimum atomic E-state index is -0.230. The lowest BCUT2D eigenvalue weighted by atomic mass is 10.2. The predicted octanol–water partition coefficient (Wildman–Crippen LogP) is 4.32. The van der Waals surface area contributed by atoms with Crippen molar-refractivity contribution in [2.75, 3.05) is 11.5 Å². The molecule has 0 fully saturated rings. The van der Waals surface area contributed by atoms with Gasteiger partial charge in [-0.1, -0.05) is 11.8 Å². The number of aryl methyl sites for hydroxylation is 1. The number of nitrogens with zero attached hydrogens (tertiary/aromatic N) is 2. The highest BCUT2D eigenvalue weighted by atomic mass is 32.2. The van der Waals surface area contributed by atoms with Crippen LogP contribution in [0.15, 0.2) is 39.4 Å². The van der Waals surface area contributed by atoms with Crippen molar-refractivity contribution in [3.63, 3.8) is 0 Å². The summed E-state index contributed by atoms with van der Waals surface area (Å²) in [6.07, 6.45) is 0.879. The second kappa shape index (κ2) is 6.55. The summed E-state index contributed by atoms with van der Waals surface area (Å²) >= 11 is 4.77. The first-order valence-corrected chi connectivity index (χ1v) is 8.99. The molecule has 0 bridgehead atoms. The van der Waals surface area contributed by atoms with Crippen molar-refractivity contribution in [1.29, 1.82) is 0 Å². The Morgan fingerprint density at radius 1 is 1.10 bits per heavy atom. The average molecular weight is 337 g/mol. The number of hydrogen-bond acceptors (Lipinski definition) is 6. The third kappa shape index (κ3) is 3.81. The molecule has 2 N–H and O–H groups in total. The highest BCUT2D eigenvalue weighted by Gasteiger charge is 2.06. The predicted molar refractivity (Wildman–Crippen MR) is 88.5 cm³/mol. The van der Waals surface area contributed by atoms with Gasteiger partial charge in [0.25, 0.3) is 0 Å². The molecule has 1 aromatic carbocycles. The fourth-order valence-corrected chi connectivity index (χ4v) is 4.22. The van der Waals surface area contributed by atoms with Gasteiger partial charge in [0, 0.05) is 28.5 Å². The molecule has 3 rings (SSSR count). The molecule has 0 aliphatic carbocycles. The van der Waals surface area contributed by atoms with Crippen molar-refractivity contribution in [3.8, 4) is 11.3 Å². The molecule has 2 aromatic heterocycles. The molecule has 3 aromatic rings. The van der Waals surface area contributed by atoms with E-state index in [1.54, 1.807) is 35.2 Å². The Balaban J connectivity index is 1.59. The van der Waals surface area contributed by atoms with Crippen molar-refractivity contribution in [2.24, 2.45) is 0 Å². The van der Waals surface area contributed by atoms with Gasteiger partial charge in [-0.15, -0.1) is 22.7 Å². The number of hydrogen-bond donors (Lipinski definition) is 1. The molecule has 0 saturated heterocycles. The first-order chi connectivity index (χ1) is 10.2. The molecule has 0 aliphatic rings. The van der Waals surface area contributed by atoms with E-state index in [0.29, 0.717) is 5.13 Å². The van der Waals surface area contributed by atoms with Gasteiger partial charge in [0.2, 0.25) is 0 Å². The van der Waals surface area contributed by atoms with E-state index < -0.39 is 0 Å². The molecule has 7 heteroatoms. The largest absolute Gasteiger partial charge is 0.375 e. The molecule has 0 atom stereocenters. The van der Waals surface area contributed by atoms with Crippen LogP contribution >= 0.6 is 34.4 Å². The Morgan fingerprint density at radius 3 is 2.62 bits per heavy atom. The van der Waals surface area contributed by atoms with Crippen molar-refractivity contribution in [3.05, 3.63) is 46.5 Å². The minimum Gasteiger partial charge on any atom is -0.375 e. The van der Waals surface area contributed by atoms with Crippen molar-refractivity contribution >= 4 is 39.6 Å². The van der Waals surface area contributed by atoms with E-state index in [1.807, 2.05) is 10.8 Å². The van der Waals surface area contributed by atoms with Crippen LogP contribution in [-0.2, 0) is 6.42 Å². The van der Waals surface area contributed by atoms with Crippen LogP contribution in [0.5, 0.6) is 0 Å². The molecule has 108 valence electrons. The van der Waals surface area contributed by atoms with Crippen LogP contribution in [0, 0.1) is 5.82 Å². The van der Waals surface area contributed by atoms with Crippen LogP contribution in [0.2, 0.25) is 0 Å². The molecule has 0 unspecified atom stereocenters. The van der Waals surface area contributed by atoms with E-state index in [-0.39, 0.29) is 5.82 Å². The summed E-state index contributed by atoms with van der Waals surface area (Å²) in [6.45, 7) is 0. The Labute approximate surface area is 134 Å². The van der Waals surface area contributed by atoms with E-state index in [4.69, 9.17) is 5.73 Å². The first-order valence-electron chi connectivity index (χ1n) is 6.25. The van der Waals surface area contributed by atoms with Crippen LogP contribution in [0.3, 0.4) is 0 Å². The van der Waals surface area contributed by atoms with Crippen LogP contribution < -0.4 is 5.73 Å². The van der Waals surface area contributed by atoms with E-state index in [2.05, 4.69) is 9.97 Å². The SMILES string of the molecule is Nc1nc(CCSc2nc(-c3ccc(F)cc3)cs2)cs1. The lowest BCUT2D eigenvalue weighted by molar-refractivity contribution is 0.628. The fraction of sp³-hybridized carbons (Fsp3) is 0.143. The summed E-state index contributed by atoms with van der Waals surface area (Å²) in [5.74, 6) is 0.686. The average Bonchev–Trinajstić information content (AvgIpc) is 3.09. The van der Waals surface area contributed by atoms with Gasteiger partial charge in [-0.25, -0.2) is 14.4 Å². The van der Waals surface area contributed by atoms with Crippen LogP contribution in [0.1, 0.15) is 5.69 Å². The van der Waals surface area contributed by atoms with E-state index >= 15 is 0 Å². The van der Waals surface area contributed by atoms with Gasteiger partial charge >= 0.3 is 0 Å². The number of rotatable bonds is 5. The van der Waals surface area contributed by atoms with Crippen LogP contribution in [0.4, 0.5) is 9.52 Å². The quantitative estimate of drug-likeness (QED) is 0.704. The summed E-state index contributed by atoms with van der Waals surface area (Å²) in [5, 5.41) is 4.60. The maximum Gasteiger partial charge on any atom is 0.180 e. The molecule has 21 heavy (non-hydrogen) atoms. The minimum absolute atomic E-state index is 0.230. The zero-order chi connectivity index (χ0) is 14.7. The van der Waals surface area contributed by atoms with Crippen molar-refractivity contribution < 1.29 is 4.39 Å². The number of thiazole rings is 2. The second-order valence-electron chi connectivity index (χ2n) is 4.28. The summed E-state index contributed by atoms with van der Waals surface area (Å²) in [4.78, 5) is 8.80. The van der Waals surface area contributed by atoms with Crippen LogP contribution in [-0.4, -0.2) is 15.7 Å². The number of nitrogen functional groups attached to an aromatic ring is 1. The lowest BCUT2D eigenvalue weighted by Crippen LogP contribution is -1.90. The summed E-state index contributed by atoms with van der Waals surface area (Å²) in [5.41, 5.74) is 8.46. The highest BCUT2D eigenvalue weighted by molar-refractivity contribution is 8.01. The number of aromatic nitrogens is 2. The number of anilines is 1. The Hall–Kier alpha value is -1.44. The van der Waals surface area contributed by atoms with Crippen molar-refractivity contribution in [2.45, 2.75) is 10.8 Å². The lowest BCUT2D eigenvalue weighted by Gasteiger charge is -1.96. The van der Waals surface area contributed by atoms with Gasteiger partial charge in [-0.3, -0.25) is 0 Å². The Bertz CT molecular complexity index is 721. The van der Waals surface area contributed by atoms with E-state index in [1.165, 1.54) is 23.5 Å². The highest BCUT2D eigenvalue weighted by Crippen LogP contribution is 2.28. The molecule has 0 radical (unpaired) electrons. The number of halogens is 1. The summed E-state index contributed by atoms with van der Waals surface area (Å²) < 4.78 is 13.9. The molecular formula is C14H12FN3S3. The maximum absolute atomic E-state index is 12.9. The van der Waals surface area contributed by atoms with Crippen molar-refractivity contribution in [1.82, 2.24) is 9.97 Å². The normalized spacial score (nSPS) is 10.9. The zero-order valence-corrected chi connectivity index (χ0v) is 13.4. The van der Waals surface area contributed by atoms with E-state index in [0.717, 1.165) is 33.5 Å². The van der Waals surface area contributed by atoms with E-state index in [9.17, 15) is 4.39 Å². The number of benzene rings is 1. The molecule has 0 amide bonds. The van der Waals surface area contributed by atoms with Gasteiger partial charge in [0.1, 0.15) is 5.82 Å². The third-order valence-electron chi connectivity index (χ3n) is 2.78. The molecule has 2 heterocycles. The van der Waals surface area contributed by atoms with Crippen LogP contribution in [0.25, 0.3) is 11.3 Å². The Kier molecular flexibility index (Phi) is 4.52. The topological polar surface area (TPSA) is 51.8 Å². The third-order valence-corrected chi connectivity index (χ3v) is 5.52. The zero-order valence-electron chi connectivity index (χ0n) is 11.0. The van der Waals surface area contributed by atoms with Gasteiger partial charge in [0.05, 0.1) is 11.4 Å².